The van der Waals surface area contributed by atoms with Crippen LogP contribution >= 0.6 is 15.9 Å². The molecule has 4 nitrogen and oxygen atoms in total. The Balaban J connectivity index is 2.04. The van der Waals surface area contributed by atoms with Gasteiger partial charge in [-0.25, -0.2) is 0 Å². The zero-order chi connectivity index (χ0) is 14.0. The van der Waals surface area contributed by atoms with Crippen molar-refractivity contribution < 1.29 is 14.6 Å². The number of nitrogens with one attached hydrogen (secondary N) is 1. The lowest BCUT2D eigenvalue weighted by atomic mass is 9.96. The summed E-state index contributed by atoms with van der Waals surface area (Å²) in [5.41, 5.74) is 0.616. The van der Waals surface area contributed by atoms with E-state index in [1.807, 2.05) is 26.0 Å². The minimum Gasteiger partial charge on any atom is -0.385 e. The minimum atomic E-state index is -0.966. The van der Waals surface area contributed by atoms with Crippen LogP contribution in [0.2, 0.25) is 0 Å². The van der Waals surface area contributed by atoms with Crippen molar-refractivity contribution in [3.05, 3.63) is 33.8 Å². The summed E-state index contributed by atoms with van der Waals surface area (Å²) < 4.78 is 6.13. The van der Waals surface area contributed by atoms with Crippen LogP contribution in [-0.4, -0.2) is 35.9 Å². The van der Waals surface area contributed by atoms with Crippen LogP contribution in [0.4, 0.5) is 0 Å². The molecule has 0 radical (unpaired) electrons. The van der Waals surface area contributed by atoms with Crippen LogP contribution < -0.4 is 5.32 Å². The highest BCUT2D eigenvalue weighted by Gasteiger charge is 2.39. The van der Waals surface area contributed by atoms with E-state index in [0.29, 0.717) is 18.6 Å². The van der Waals surface area contributed by atoms with Gasteiger partial charge in [-0.1, -0.05) is 12.1 Å². The van der Waals surface area contributed by atoms with Gasteiger partial charge in [-0.05, 0) is 41.4 Å². The van der Waals surface area contributed by atoms with Crippen molar-refractivity contribution in [2.24, 2.45) is 0 Å². The van der Waals surface area contributed by atoms with Gasteiger partial charge >= 0.3 is 0 Å². The lowest BCUT2D eigenvalue weighted by Gasteiger charge is -2.26. The standard InChI is InChI=1S/C14H18BrNO3/c1-9-4-3-5-11(12(9)15)13(17)16-8-14(18)6-7-19-10(14)2/h3-5,10,18H,6-8H2,1-2H3,(H,16,17). The molecule has 2 N–H and O–H groups in total. The molecule has 1 aliphatic heterocycles. The van der Waals surface area contributed by atoms with E-state index in [-0.39, 0.29) is 18.6 Å². The second-order valence-corrected chi connectivity index (χ2v) is 5.78. The van der Waals surface area contributed by atoms with Crippen LogP contribution in [0.1, 0.15) is 29.3 Å². The van der Waals surface area contributed by atoms with Crippen LogP contribution in [0.25, 0.3) is 0 Å². The summed E-state index contributed by atoms with van der Waals surface area (Å²) in [6, 6.07) is 5.53. The highest BCUT2D eigenvalue weighted by molar-refractivity contribution is 9.10. The van der Waals surface area contributed by atoms with Gasteiger partial charge in [-0.3, -0.25) is 4.79 Å². The third-order valence-corrected chi connectivity index (χ3v) is 4.70. The predicted molar refractivity (Wildman–Crippen MR) is 76.2 cm³/mol. The maximum atomic E-state index is 12.1. The van der Waals surface area contributed by atoms with Gasteiger partial charge in [0.25, 0.3) is 5.91 Å². The molecule has 1 saturated heterocycles. The number of rotatable bonds is 3. The Labute approximate surface area is 121 Å². The van der Waals surface area contributed by atoms with Crippen LogP contribution in [-0.2, 0) is 4.74 Å². The fourth-order valence-electron chi connectivity index (χ4n) is 2.15. The zero-order valence-electron chi connectivity index (χ0n) is 11.1. The SMILES string of the molecule is Cc1cccc(C(=O)NCC2(O)CCOC2C)c1Br. The average Bonchev–Trinajstić information content (AvgIpc) is 2.71. The molecular weight excluding hydrogens is 310 g/mol. The molecule has 2 unspecified atom stereocenters. The molecule has 1 aliphatic rings. The van der Waals surface area contributed by atoms with E-state index in [9.17, 15) is 9.90 Å². The van der Waals surface area contributed by atoms with Gasteiger partial charge < -0.3 is 15.2 Å². The molecular formula is C14H18BrNO3. The largest absolute Gasteiger partial charge is 0.385 e. The molecule has 0 spiro atoms. The number of amides is 1. The van der Waals surface area contributed by atoms with Gasteiger partial charge in [0, 0.05) is 24.0 Å². The summed E-state index contributed by atoms with van der Waals surface area (Å²) in [6.07, 6.45) is 0.289. The lowest BCUT2D eigenvalue weighted by molar-refractivity contribution is -0.0251. The quantitative estimate of drug-likeness (QED) is 0.893. The summed E-state index contributed by atoms with van der Waals surface area (Å²) >= 11 is 3.41. The molecule has 1 aromatic rings. The summed E-state index contributed by atoms with van der Waals surface area (Å²) in [6.45, 7) is 4.48. The smallest absolute Gasteiger partial charge is 0.252 e. The third kappa shape index (κ3) is 2.99. The Bertz CT molecular complexity index is 492. The van der Waals surface area contributed by atoms with E-state index in [1.165, 1.54) is 0 Å². The number of hydrogen-bond acceptors (Lipinski definition) is 3. The number of hydrogen-bond donors (Lipinski definition) is 2. The minimum absolute atomic E-state index is 0.192. The van der Waals surface area contributed by atoms with Crippen LogP contribution in [0.15, 0.2) is 22.7 Å². The molecule has 1 fully saturated rings. The second-order valence-electron chi connectivity index (χ2n) is 4.99. The van der Waals surface area contributed by atoms with Crippen molar-refractivity contribution in [1.82, 2.24) is 5.32 Å². The van der Waals surface area contributed by atoms with Gasteiger partial charge in [-0.15, -0.1) is 0 Å². The van der Waals surface area contributed by atoms with E-state index in [1.54, 1.807) is 6.07 Å². The van der Waals surface area contributed by atoms with Crippen molar-refractivity contribution in [2.75, 3.05) is 13.2 Å². The number of ether oxygens (including phenoxy) is 1. The number of aryl methyl sites for hydroxylation is 1. The first-order valence-electron chi connectivity index (χ1n) is 6.31. The van der Waals surface area contributed by atoms with Crippen LogP contribution in [0.5, 0.6) is 0 Å². The molecule has 1 amide bonds. The first kappa shape index (κ1) is 14.5. The van der Waals surface area contributed by atoms with Gasteiger partial charge in [0.1, 0.15) is 5.60 Å². The molecule has 0 aliphatic carbocycles. The van der Waals surface area contributed by atoms with E-state index in [4.69, 9.17) is 4.74 Å². The Hall–Kier alpha value is -0.910. The number of aliphatic hydroxyl groups is 1. The first-order chi connectivity index (χ1) is 8.94. The van der Waals surface area contributed by atoms with Crippen LogP contribution in [0.3, 0.4) is 0 Å². The first-order valence-corrected chi connectivity index (χ1v) is 7.10. The maximum Gasteiger partial charge on any atom is 0.252 e. The van der Waals surface area contributed by atoms with E-state index in [0.717, 1.165) is 10.0 Å². The van der Waals surface area contributed by atoms with E-state index in [2.05, 4.69) is 21.2 Å². The normalized spacial score (nSPS) is 26.4. The van der Waals surface area contributed by atoms with E-state index >= 15 is 0 Å². The van der Waals surface area contributed by atoms with Gasteiger partial charge in [0.05, 0.1) is 11.7 Å². The average molecular weight is 328 g/mol. The Kier molecular flexibility index (Phi) is 4.28. The second kappa shape index (κ2) is 5.61. The third-order valence-electron chi connectivity index (χ3n) is 3.65. The molecule has 19 heavy (non-hydrogen) atoms. The number of halogens is 1. The fourth-order valence-corrected chi connectivity index (χ4v) is 2.60. The lowest BCUT2D eigenvalue weighted by Crippen LogP contribution is -2.47. The molecule has 2 atom stereocenters. The van der Waals surface area contributed by atoms with E-state index < -0.39 is 5.60 Å². The monoisotopic (exact) mass is 327 g/mol. The Morgan fingerprint density at radius 2 is 2.37 bits per heavy atom. The maximum absolute atomic E-state index is 12.1. The number of carbonyl (C=O) groups is 1. The van der Waals surface area contributed by atoms with Crippen molar-refractivity contribution >= 4 is 21.8 Å². The zero-order valence-corrected chi connectivity index (χ0v) is 12.7. The molecule has 2 rings (SSSR count). The van der Waals surface area contributed by atoms with Gasteiger partial charge in [0.15, 0.2) is 0 Å². The molecule has 0 bridgehead atoms. The summed E-state index contributed by atoms with van der Waals surface area (Å²) in [4.78, 5) is 12.1. The Morgan fingerprint density at radius 1 is 1.63 bits per heavy atom. The molecule has 1 aromatic carbocycles. The number of carbonyl (C=O) groups excluding carboxylic acids is 1. The predicted octanol–water partition coefficient (Wildman–Crippen LogP) is 2.03. The van der Waals surface area contributed by atoms with Gasteiger partial charge in [0.2, 0.25) is 0 Å². The summed E-state index contributed by atoms with van der Waals surface area (Å²) in [5.74, 6) is -0.192. The van der Waals surface area contributed by atoms with Crippen molar-refractivity contribution in [2.45, 2.75) is 32.0 Å². The highest BCUT2D eigenvalue weighted by Crippen LogP contribution is 2.25. The van der Waals surface area contributed by atoms with Crippen LogP contribution in [0, 0.1) is 6.92 Å². The highest BCUT2D eigenvalue weighted by atomic mass is 79.9. The van der Waals surface area contributed by atoms with Crippen molar-refractivity contribution in [3.8, 4) is 0 Å². The molecule has 0 aromatic heterocycles. The number of benzene rings is 1. The van der Waals surface area contributed by atoms with Crippen molar-refractivity contribution in [3.63, 3.8) is 0 Å². The molecule has 0 saturated carbocycles. The summed E-state index contributed by atoms with van der Waals surface area (Å²) in [7, 11) is 0. The fraction of sp³-hybridized carbons (Fsp3) is 0.500. The van der Waals surface area contributed by atoms with Gasteiger partial charge in [-0.2, -0.15) is 0 Å². The topological polar surface area (TPSA) is 58.6 Å². The molecule has 1 heterocycles. The Morgan fingerprint density at radius 3 is 3.00 bits per heavy atom. The molecule has 104 valence electrons. The molecule has 5 heteroatoms. The van der Waals surface area contributed by atoms with Crippen molar-refractivity contribution in [1.29, 1.82) is 0 Å². The summed E-state index contributed by atoms with van der Waals surface area (Å²) in [5, 5.41) is 13.1.